The molecule has 128 valence electrons. The van der Waals surface area contributed by atoms with Gasteiger partial charge in [0.15, 0.2) is 0 Å². The van der Waals surface area contributed by atoms with Crippen molar-refractivity contribution in [3.63, 3.8) is 0 Å². The fourth-order valence-electron chi connectivity index (χ4n) is 2.27. The zero-order valence-corrected chi connectivity index (χ0v) is 14.0. The second-order valence-electron chi connectivity index (χ2n) is 5.14. The highest BCUT2D eigenvalue weighted by Crippen LogP contribution is 2.13. The maximum atomic E-state index is 12.0. The molecule has 0 atom stereocenters. The van der Waals surface area contributed by atoms with E-state index in [0.29, 0.717) is 32.2 Å². The molecule has 0 saturated carbocycles. The molecule has 6 heteroatoms. The number of hydrogen-bond acceptors (Lipinski definition) is 4. The number of rotatable bonds is 8. The van der Waals surface area contributed by atoms with Gasteiger partial charge in [-0.25, -0.2) is 9.78 Å². The maximum absolute atomic E-state index is 12.0. The normalized spacial score (nSPS) is 10.2. The Morgan fingerprint density at radius 3 is 2.42 bits per heavy atom. The van der Waals surface area contributed by atoms with E-state index in [9.17, 15) is 4.79 Å². The summed E-state index contributed by atoms with van der Waals surface area (Å²) in [5.74, 6) is 0.547. The van der Waals surface area contributed by atoms with Gasteiger partial charge in [0.05, 0.1) is 13.2 Å². The van der Waals surface area contributed by atoms with Crippen molar-refractivity contribution in [1.82, 2.24) is 15.6 Å². The van der Waals surface area contributed by atoms with Crippen molar-refractivity contribution in [3.8, 4) is 5.88 Å². The molecular weight excluding hydrogens is 306 g/mol. The minimum absolute atomic E-state index is 0.242. The van der Waals surface area contributed by atoms with Crippen molar-refractivity contribution in [1.29, 1.82) is 0 Å². The van der Waals surface area contributed by atoms with Crippen LogP contribution >= 0.6 is 0 Å². The fraction of sp³-hybridized carbons (Fsp3) is 0.333. The van der Waals surface area contributed by atoms with Crippen LogP contribution in [0.5, 0.6) is 5.88 Å². The molecule has 0 aliphatic heterocycles. The predicted octanol–water partition coefficient (Wildman–Crippen LogP) is 2.63. The average Bonchev–Trinajstić information content (AvgIpc) is 2.61. The summed E-state index contributed by atoms with van der Waals surface area (Å²) in [6.45, 7) is 3.75. The number of benzene rings is 1. The Hall–Kier alpha value is -2.60. The minimum Gasteiger partial charge on any atom is -0.478 e. The van der Waals surface area contributed by atoms with Gasteiger partial charge in [-0.3, -0.25) is 0 Å². The fourth-order valence-corrected chi connectivity index (χ4v) is 2.27. The van der Waals surface area contributed by atoms with E-state index < -0.39 is 0 Å². The number of methoxy groups -OCH3 is 1. The van der Waals surface area contributed by atoms with E-state index in [1.165, 1.54) is 0 Å². The van der Waals surface area contributed by atoms with Crippen molar-refractivity contribution in [2.75, 3.05) is 13.7 Å². The summed E-state index contributed by atoms with van der Waals surface area (Å²) in [5.41, 5.74) is 2.94. The molecule has 2 N–H and O–H groups in total. The number of nitrogens with zero attached hydrogens (tertiary/aromatic N) is 1. The van der Waals surface area contributed by atoms with Gasteiger partial charge in [0.1, 0.15) is 0 Å². The Balaban J connectivity index is 1.86. The Kier molecular flexibility index (Phi) is 7.04. The highest BCUT2D eigenvalue weighted by Gasteiger charge is 2.07. The van der Waals surface area contributed by atoms with E-state index in [1.54, 1.807) is 13.3 Å². The molecule has 2 amide bonds. The number of carbonyl (C=O) groups excluding carboxylic acids is 1. The molecule has 2 rings (SSSR count). The predicted molar refractivity (Wildman–Crippen MR) is 91.6 cm³/mol. The summed E-state index contributed by atoms with van der Waals surface area (Å²) in [4.78, 5) is 16.2. The van der Waals surface area contributed by atoms with E-state index in [-0.39, 0.29) is 6.03 Å². The standard InChI is InChI=1S/C18H23N3O3/c1-3-24-17-15(9-6-10-19-17)12-21-18(22)20-11-14-7-4-5-8-16(14)13-23-2/h4-10H,3,11-13H2,1-2H3,(H2,20,21,22). The van der Waals surface area contributed by atoms with Crippen LogP contribution in [0.3, 0.4) is 0 Å². The van der Waals surface area contributed by atoms with Gasteiger partial charge in [0.2, 0.25) is 5.88 Å². The van der Waals surface area contributed by atoms with Crippen molar-refractivity contribution >= 4 is 6.03 Å². The van der Waals surface area contributed by atoms with Crippen molar-refractivity contribution < 1.29 is 14.3 Å². The SMILES string of the molecule is CCOc1ncccc1CNC(=O)NCc1ccccc1COC. The van der Waals surface area contributed by atoms with E-state index in [1.807, 2.05) is 43.3 Å². The first-order valence-electron chi connectivity index (χ1n) is 7.88. The molecule has 0 fully saturated rings. The van der Waals surface area contributed by atoms with Gasteiger partial charge in [0.25, 0.3) is 0 Å². The molecule has 0 spiro atoms. The first kappa shape index (κ1) is 17.7. The van der Waals surface area contributed by atoms with E-state index in [0.717, 1.165) is 16.7 Å². The molecule has 2 aromatic rings. The molecule has 1 aromatic heterocycles. The molecule has 1 heterocycles. The summed E-state index contributed by atoms with van der Waals surface area (Å²) in [5, 5.41) is 5.67. The van der Waals surface area contributed by atoms with Gasteiger partial charge >= 0.3 is 6.03 Å². The Bertz CT molecular complexity index is 606. The van der Waals surface area contributed by atoms with Crippen LogP contribution in [0.4, 0.5) is 4.79 Å². The number of aromatic nitrogens is 1. The lowest BCUT2D eigenvalue weighted by Gasteiger charge is -2.12. The first-order chi connectivity index (χ1) is 11.7. The molecular formula is C18H23N3O3. The minimum atomic E-state index is -0.242. The lowest BCUT2D eigenvalue weighted by Crippen LogP contribution is -2.34. The monoisotopic (exact) mass is 329 g/mol. The smallest absolute Gasteiger partial charge is 0.315 e. The molecule has 0 aliphatic rings. The Morgan fingerprint density at radius 2 is 1.71 bits per heavy atom. The van der Waals surface area contributed by atoms with E-state index >= 15 is 0 Å². The Morgan fingerprint density at radius 1 is 1.04 bits per heavy atom. The lowest BCUT2D eigenvalue weighted by atomic mass is 10.1. The second kappa shape index (κ2) is 9.52. The van der Waals surface area contributed by atoms with E-state index in [2.05, 4.69) is 15.6 Å². The third-order valence-electron chi connectivity index (χ3n) is 3.43. The van der Waals surface area contributed by atoms with Gasteiger partial charge in [-0.15, -0.1) is 0 Å². The molecule has 24 heavy (non-hydrogen) atoms. The molecule has 0 aliphatic carbocycles. The summed E-state index contributed by atoms with van der Waals surface area (Å²) in [6, 6.07) is 11.3. The zero-order chi connectivity index (χ0) is 17.2. The van der Waals surface area contributed by atoms with E-state index in [4.69, 9.17) is 9.47 Å². The molecule has 0 unspecified atom stereocenters. The highest BCUT2D eigenvalue weighted by atomic mass is 16.5. The van der Waals surface area contributed by atoms with Crippen LogP contribution in [0.2, 0.25) is 0 Å². The highest BCUT2D eigenvalue weighted by molar-refractivity contribution is 5.73. The largest absolute Gasteiger partial charge is 0.478 e. The van der Waals surface area contributed by atoms with Crippen LogP contribution in [0.25, 0.3) is 0 Å². The maximum Gasteiger partial charge on any atom is 0.315 e. The third kappa shape index (κ3) is 5.24. The third-order valence-corrected chi connectivity index (χ3v) is 3.43. The van der Waals surface area contributed by atoms with Crippen molar-refractivity contribution in [2.24, 2.45) is 0 Å². The van der Waals surface area contributed by atoms with Crippen LogP contribution in [0.1, 0.15) is 23.6 Å². The first-order valence-corrected chi connectivity index (χ1v) is 7.88. The molecule has 6 nitrogen and oxygen atoms in total. The van der Waals surface area contributed by atoms with Gasteiger partial charge in [0, 0.05) is 32.0 Å². The van der Waals surface area contributed by atoms with Crippen LogP contribution in [-0.4, -0.2) is 24.7 Å². The van der Waals surface area contributed by atoms with Crippen LogP contribution in [0, 0.1) is 0 Å². The summed E-state index contributed by atoms with van der Waals surface area (Å²) >= 11 is 0. The number of carbonyl (C=O) groups is 1. The average molecular weight is 329 g/mol. The van der Waals surface area contributed by atoms with Crippen LogP contribution < -0.4 is 15.4 Å². The quantitative estimate of drug-likeness (QED) is 0.781. The summed E-state index contributed by atoms with van der Waals surface area (Å²) in [6.07, 6.45) is 1.67. The zero-order valence-electron chi connectivity index (χ0n) is 14.0. The number of urea groups is 1. The van der Waals surface area contributed by atoms with Crippen molar-refractivity contribution in [3.05, 3.63) is 59.3 Å². The summed E-state index contributed by atoms with van der Waals surface area (Å²) in [7, 11) is 1.65. The number of ether oxygens (including phenoxy) is 2. The molecule has 1 aromatic carbocycles. The molecule has 0 bridgehead atoms. The van der Waals surface area contributed by atoms with Crippen LogP contribution in [-0.2, 0) is 24.4 Å². The number of hydrogen-bond donors (Lipinski definition) is 2. The number of pyridine rings is 1. The summed E-state index contributed by atoms with van der Waals surface area (Å²) < 4.78 is 10.6. The van der Waals surface area contributed by atoms with Crippen LogP contribution in [0.15, 0.2) is 42.6 Å². The Labute approximate surface area is 142 Å². The number of amides is 2. The van der Waals surface area contributed by atoms with Gasteiger partial charge in [-0.05, 0) is 24.1 Å². The molecule has 0 radical (unpaired) electrons. The van der Waals surface area contributed by atoms with Gasteiger partial charge in [-0.2, -0.15) is 0 Å². The molecule has 0 saturated heterocycles. The van der Waals surface area contributed by atoms with Gasteiger partial charge in [-0.1, -0.05) is 30.3 Å². The second-order valence-corrected chi connectivity index (χ2v) is 5.14. The van der Waals surface area contributed by atoms with Crippen molar-refractivity contribution in [2.45, 2.75) is 26.6 Å². The van der Waals surface area contributed by atoms with Gasteiger partial charge < -0.3 is 20.1 Å². The topological polar surface area (TPSA) is 72.5 Å². The lowest BCUT2D eigenvalue weighted by molar-refractivity contribution is 0.184. The number of nitrogens with one attached hydrogen (secondary N) is 2.